The molecule has 0 aromatic heterocycles. The zero-order chi connectivity index (χ0) is 18.9. The van der Waals surface area contributed by atoms with Crippen molar-refractivity contribution in [1.82, 2.24) is 5.32 Å². The number of anilines is 2. The molecule has 2 N–H and O–H groups in total. The monoisotopic (exact) mass is 361 g/mol. The van der Waals surface area contributed by atoms with Gasteiger partial charge in [0, 0.05) is 45.2 Å². The summed E-state index contributed by atoms with van der Waals surface area (Å²) in [6.07, 6.45) is 0. The van der Waals surface area contributed by atoms with Crippen molar-refractivity contribution >= 4 is 17.4 Å². The van der Waals surface area contributed by atoms with Crippen molar-refractivity contribution in [3.63, 3.8) is 0 Å². The fraction of sp³-hybridized carbons (Fsp3) is 0.316. The predicted octanol–water partition coefficient (Wildman–Crippen LogP) is 3.24. The second kappa shape index (κ2) is 9.62. The number of methoxy groups -OCH3 is 1. The maximum atomic E-state index is 13.9. The minimum absolute atomic E-state index is 0.119. The van der Waals surface area contributed by atoms with Crippen molar-refractivity contribution in [3.05, 3.63) is 53.8 Å². The molecule has 0 bridgehead atoms. The summed E-state index contributed by atoms with van der Waals surface area (Å²) in [5.41, 5.74) is 2.40. The van der Waals surface area contributed by atoms with Crippen molar-refractivity contribution < 1.29 is 18.7 Å². The zero-order valence-electron chi connectivity index (χ0n) is 15.2. The fourth-order valence-electron chi connectivity index (χ4n) is 2.20. The summed E-state index contributed by atoms with van der Waals surface area (Å²) < 4.78 is 24.0. The number of carbonyl (C=O) groups is 1. The van der Waals surface area contributed by atoms with Crippen LogP contribution in [0.2, 0.25) is 0 Å². The van der Waals surface area contributed by atoms with E-state index >= 15 is 0 Å². The highest BCUT2D eigenvalue weighted by Gasteiger charge is 2.07. The first-order chi connectivity index (χ1) is 12.5. The molecule has 0 fully saturated rings. The first-order valence-electron chi connectivity index (χ1n) is 8.22. The van der Waals surface area contributed by atoms with Crippen LogP contribution in [-0.4, -0.2) is 40.5 Å². The zero-order valence-corrected chi connectivity index (χ0v) is 15.2. The van der Waals surface area contributed by atoms with Gasteiger partial charge >= 0.3 is 6.03 Å². The standard InChI is InChI=1S/C19H24FN3O3/c1-23(2)16-7-4-14(5-8-16)13-21-19(24)22-15-6-9-18(17(20)12-15)26-11-10-25-3/h4-9,12H,10-11,13H2,1-3H3,(H2,21,22,24). The Morgan fingerprint density at radius 2 is 1.85 bits per heavy atom. The fourth-order valence-corrected chi connectivity index (χ4v) is 2.20. The van der Waals surface area contributed by atoms with Gasteiger partial charge in [-0.15, -0.1) is 0 Å². The van der Waals surface area contributed by atoms with E-state index in [9.17, 15) is 9.18 Å². The Morgan fingerprint density at radius 3 is 2.46 bits per heavy atom. The summed E-state index contributed by atoms with van der Waals surface area (Å²) >= 11 is 0. The summed E-state index contributed by atoms with van der Waals surface area (Å²) in [5.74, 6) is -0.424. The molecule has 0 atom stereocenters. The van der Waals surface area contributed by atoms with E-state index < -0.39 is 11.8 Å². The van der Waals surface area contributed by atoms with E-state index in [4.69, 9.17) is 9.47 Å². The van der Waals surface area contributed by atoms with Crippen LogP contribution in [0.3, 0.4) is 0 Å². The van der Waals surface area contributed by atoms with E-state index in [1.807, 2.05) is 43.3 Å². The molecule has 2 rings (SSSR count). The Labute approximate surface area is 152 Å². The molecule has 140 valence electrons. The van der Waals surface area contributed by atoms with Crippen molar-refractivity contribution in [2.75, 3.05) is 44.6 Å². The van der Waals surface area contributed by atoms with Crippen LogP contribution in [0.15, 0.2) is 42.5 Å². The van der Waals surface area contributed by atoms with E-state index in [1.165, 1.54) is 12.1 Å². The molecule has 0 aliphatic heterocycles. The van der Waals surface area contributed by atoms with Crippen molar-refractivity contribution in [1.29, 1.82) is 0 Å². The quantitative estimate of drug-likeness (QED) is 0.709. The Balaban J connectivity index is 1.84. The van der Waals surface area contributed by atoms with Crippen LogP contribution in [0.5, 0.6) is 5.75 Å². The van der Waals surface area contributed by atoms with Gasteiger partial charge in [0.15, 0.2) is 11.6 Å². The lowest BCUT2D eigenvalue weighted by Gasteiger charge is -2.13. The lowest BCUT2D eigenvalue weighted by atomic mass is 10.2. The van der Waals surface area contributed by atoms with E-state index in [0.29, 0.717) is 18.8 Å². The van der Waals surface area contributed by atoms with Crippen LogP contribution in [0.1, 0.15) is 5.56 Å². The third-order valence-electron chi connectivity index (χ3n) is 3.64. The highest BCUT2D eigenvalue weighted by molar-refractivity contribution is 5.89. The highest BCUT2D eigenvalue weighted by Crippen LogP contribution is 2.21. The second-order valence-corrected chi connectivity index (χ2v) is 5.86. The van der Waals surface area contributed by atoms with Gasteiger partial charge in [0.1, 0.15) is 6.61 Å². The number of rotatable bonds is 8. The number of halogens is 1. The number of nitrogens with one attached hydrogen (secondary N) is 2. The van der Waals surface area contributed by atoms with Gasteiger partial charge in [-0.05, 0) is 29.8 Å². The maximum Gasteiger partial charge on any atom is 0.319 e. The van der Waals surface area contributed by atoms with Crippen LogP contribution < -0.4 is 20.3 Å². The topological polar surface area (TPSA) is 62.8 Å². The molecule has 0 unspecified atom stereocenters. The molecular formula is C19H24FN3O3. The number of urea groups is 1. The van der Waals surface area contributed by atoms with Crippen LogP contribution in [0.4, 0.5) is 20.6 Å². The number of carbonyl (C=O) groups excluding carboxylic acids is 1. The Bertz CT molecular complexity index is 720. The van der Waals surface area contributed by atoms with Crippen LogP contribution in [0, 0.1) is 5.82 Å². The molecule has 0 heterocycles. The average Bonchev–Trinajstić information content (AvgIpc) is 2.62. The Morgan fingerprint density at radius 1 is 1.12 bits per heavy atom. The largest absolute Gasteiger partial charge is 0.488 e. The van der Waals surface area contributed by atoms with Gasteiger partial charge in [-0.1, -0.05) is 12.1 Å². The van der Waals surface area contributed by atoms with Crippen molar-refractivity contribution in [2.45, 2.75) is 6.54 Å². The van der Waals surface area contributed by atoms with Gasteiger partial charge in [0.2, 0.25) is 0 Å². The lowest BCUT2D eigenvalue weighted by Crippen LogP contribution is -2.28. The summed E-state index contributed by atoms with van der Waals surface area (Å²) in [4.78, 5) is 14.0. The van der Waals surface area contributed by atoms with E-state index in [-0.39, 0.29) is 12.4 Å². The number of ether oxygens (including phenoxy) is 2. The lowest BCUT2D eigenvalue weighted by molar-refractivity contribution is 0.144. The molecule has 0 saturated carbocycles. The number of hydrogen-bond donors (Lipinski definition) is 2. The van der Waals surface area contributed by atoms with Gasteiger partial charge in [-0.25, -0.2) is 9.18 Å². The molecule has 6 nitrogen and oxygen atoms in total. The summed E-state index contributed by atoms with van der Waals surface area (Å²) in [7, 11) is 5.48. The molecule has 7 heteroatoms. The molecule has 26 heavy (non-hydrogen) atoms. The molecule has 0 aliphatic carbocycles. The number of amides is 2. The summed E-state index contributed by atoms with van der Waals surface area (Å²) in [6, 6.07) is 11.7. The normalized spacial score (nSPS) is 10.3. The molecule has 2 amide bonds. The van der Waals surface area contributed by atoms with Crippen LogP contribution >= 0.6 is 0 Å². The van der Waals surface area contributed by atoms with Gasteiger partial charge < -0.3 is 25.0 Å². The molecule has 0 radical (unpaired) electrons. The molecular weight excluding hydrogens is 337 g/mol. The van der Waals surface area contributed by atoms with Gasteiger partial charge in [0.25, 0.3) is 0 Å². The SMILES string of the molecule is COCCOc1ccc(NC(=O)NCc2ccc(N(C)C)cc2)cc1F. The van der Waals surface area contributed by atoms with E-state index in [0.717, 1.165) is 11.3 Å². The summed E-state index contributed by atoms with van der Waals surface area (Å²) in [5, 5.41) is 5.34. The van der Waals surface area contributed by atoms with E-state index in [2.05, 4.69) is 10.6 Å². The number of nitrogens with zero attached hydrogens (tertiary/aromatic N) is 1. The van der Waals surface area contributed by atoms with Gasteiger partial charge in [0.05, 0.1) is 6.61 Å². The molecule has 0 aliphatic rings. The smallest absolute Gasteiger partial charge is 0.319 e. The molecule has 0 saturated heterocycles. The maximum absolute atomic E-state index is 13.9. The summed E-state index contributed by atoms with van der Waals surface area (Å²) in [6.45, 7) is 1.00. The molecule has 2 aromatic rings. The number of hydrogen-bond acceptors (Lipinski definition) is 4. The van der Waals surface area contributed by atoms with Crippen LogP contribution in [0.25, 0.3) is 0 Å². The first-order valence-corrected chi connectivity index (χ1v) is 8.22. The first kappa shape index (κ1) is 19.5. The van der Waals surface area contributed by atoms with Crippen molar-refractivity contribution in [2.24, 2.45) is 0 Å². The minimum Gasteiger partial charge on any atom is -0.488 e. The molecule has 2 aromatic carbocycles. The highest BCUT2D eigenvalue weighted by atomic mass is 19.1. The third kappa shape index (κ3) is 5.93. The predicted molar refractivity (Wildman–Crippen MR) is 100 cm³/mol. The van der Waals surface area contributed by atoms with Crippen molar-refractivity contribution in [3.8, 4) is 5.75 Å². The third-order valence-corrected chi connectivity index (χ3v) is 3.64. The Hall–Kier alpha value is -2.80. The van der Waals surface area contributed by atoms with E-state index in [1.54, 1.807) is 13.2 Å². The minimum atomic E-state index is -0.543. The van der Waals surface area contributed by atoms with Gasteiger partial charge in [-0.3, -0.25) is 0 Å². The van der Waals surface area contributed by atoms with Gasteiger partial charge in [-0.2, -0.15) is 0 Å². The Kier molecular flexibility index (Phi) is 7.23. The molecule has 0 spiro atoms. The number of benzene rings is 2. The average molecular weight is 361 g/mol. The van der Waals surface area contributed by atoms with Crippen LogP contribution in [-0.2, 0) is 11.3 Å². The second-order valence-electron chi connectivity index (χ2n) is 5.86.